The van der Waals surface area contributed by atoms with E-state index in [9.17, 15) is 4.79 Å². The Bertz CT molecular complexity index is 936. The van der Waals surface area contributed by atoms with Crippen LogP contribution < -0.4 is 14.8 Å². The number of carbonyl (C=O) groups is 1. The van der Waals surface area contributed by atoms with E-state index in [4.69, 9.17) is 9.47 Å². The van der Waals surface area contributed by atoms with Gasteiger partial charge in [0, 0.05) is 24.5 Å². The van der Waals surface area contributed by atoms with Crippen molar-refractivity contribution < 1.29 is 14.3 Å². The number of ether oxygens (including phenoxy) is 2. The number of aromatic nitrogens is 3. The van der Waals surface area contributed by atoms with Gasteiger partial charge in [-0.3, -0.25) is 9.48 Å². The van der Waals surface area contributed by atoms with Gasteiger partial charge in [0.25, 0.3) is 5.91 Å². The Morgan fingerprint density at radius 1 is 1.08 bits per heavy atom. The summed E-state index contributed by atoms with van der Waals surface area (Å²) in [6.45, 7) is 3.99. The molecule has 1 N–H and O–H groups in total. The number of methoxy groups -OCH3 is 2. The minimum Gasteiger partial charge on any atom is -0.497 e. The normalized spacial score (nSPS) is 10.7. The zero-order valence-electron chi connectivity index (χ0n) is 15.5. The maximum absolute atomic E-state index is 13.0. The smallest absolute Gasteiger partial charge is 0.261 e. The highest BCUT2D eigenvalue weighted by atomic mass is 16.5. The predicted octanol–water partition coefficient (Wildman–Crippen LogP) is 3.10. The van der Waals surface area contributed by atoms with E-state index in [-0.39, 0.29) is 5.91 Å². The summed E-state index contributed by atoms with van der Waals surface area (Å²) in [5, 5.41) is 7.17. The number of nitrogens with zero attached hydrogens (tertiary/aromatic N) is 3. The third-order valence-corrected chi connectivity index (χ3v) is 4.29. The summed E-state index contributed by atoms with van der Waals surface area (Å²) in [6, 6.07) is 9.26. The molecule has 1 aromatic carbocycles. The highest BCUT2D eigenvalue weighted by Gasteiger charge is 2.21. The summed E-state index contributed by atoms with van der Waals surface area (Å²) in [7, 11) is 4.95. The van der Waals surface area contributed by atoms with Crippen LogP contribution in [0.4, 0.5) is 5.69 Å². The minimum atomic E-state index is -0.271. The SMILES string of the molecule is COc1ccc(OC)c(NC(=O)c2cnn(C)c2-n2c(C)ccc2C)c1. The predicted molar refractivity (Wildman–Crippen MR) is 99.5 cm³/mol. The Labute approximate surface area is 152 Å². The van der Waals surface area contributed by atoms with Crippen molar-refractivity contribution in [2.24, 2.45) is 7.05 Å². The van der Waals surface area contributed by atoms with Crippen molar-refractivity contribution in [3.8, 4) is 17.3 Å². The number of nitrogens with one attached hydrogen (secondary N) is 1. The average Bonchev–Trinajstić information content (AvgIpc) is 3.16. The number of rotatable bonds is 5. The summed E-state index contributed by atoms with van der Waals surface area (Å²) < 4.78 is 14.3. The van der Waals surface area contributed by atoms with E-state index in [0.29, 0.717) is 28.6 Å². The van der Waals surface area contributed by atoms with E-state index in [2.05, 4.69) is 10.4 Å². The van der Waals surface area contributed by atoms with Gasteiger partial charge in [-0.2, -0.15) is 5.10 Å². The maximum atomic E-state index is 13.0. The first kappa shape index (κ1) is 17.6. The lowest BCUT2D eigenvalue weighted by Crippen LogP contribution is -2.17. The van der Waals surface area contributed by atoms with Crippen LogP contribution in [0.1, 0.15) is 21.7 Å². The number of hydrogen-bond acceptors (Lipinski definition) is 4. The number of aryl methyl sites for hydroxylation is 3. The molecule has 7 nitrogen and oxygen atoms in total. The lowest BCUT2D eigenvalue weighted by atomic mass is 10.2. The van der Waals surface area contributed by atoms with Crippen molar-refractivity contribution >= 4 is 11.6 Å². The van der Waals surface area contributed by atoms with Gasteiger partial charge in [-0.05, 0) is 38.1 Å². The van der Waals surface area contributed by atoms with Crippen LogP contribution in [0.15, 0.2) is 36.5 Å². The molecule has 0 aliphatic carbocycles. The summed E-state index contributed by atoms with van der Waals surface area (Å²) in [5.74, 6) is 1.62. The van der Waals surface area contributed by atoms with Crippen molar-refractivity contribution in [2.45, 2.75) is 13.8 Å². The summed E-state index contributed by atoms with van der Waals surface area (Å²) in [6.07, 6.45) is 1.57. The van der Waals surface area contributed by atoms with Gasteiger partial charge in [0.15, 0.2) is 0 Å². The second kappa shape index (κ2) is 6.95. The molecule has 2 aromatic heterocycles. The molecule has 3 rings (SSSR count). The molecule has 2 heterocycles. The number of amides is 1. The number of benzene rings is 1. The van der Waals surface area contributed by atoms with E-state index in [1.54, 1.807) is 43.3 Å². The molecule has 0 saturated carbocycles. The fourth-order valence-electron chi connectivity index (χ4n) is 2.96. The molecule has 136 valence electrons. The van der Waals surface area contributed by atoms with Crippen molar-refractivity contribution in [1.82, 2.24) is 14.3 Å². The van der Waals surface area contributed by atoms with Gasteiger partial charge in [0.1, 0.15) is 22.9 Å². The summed E-state index contributed by atoms with van der Waals surface area (Å²) in [5.41, 5.74) is 3.06. The quantitative estimate of drug-likeness (QED) is 0.764. The molecule has 0 bridgehead atoms. The largest absolute Gasteiger partial charge is 0.497 e. The fraction of sp³-hybridized carbons (Fsp3) is 0.263. The minimum absolute atomic E-state index is 0.271. The van der Waals surface area contributed by atoms with Crippen LogP contribution in [-0.2, 0) is 7.05 Å². The zero-order valence-corrected chi connectivity index (χ0v) is 15.5. The molecule has 0 aliphatic rings. The van der Waals surface area contributed by atoms with Crippen LogP contribution in [0.25, 0.3) is 5.82 Å². The molecule has 7 heteroatoms. The lowest BCUT2D eigenvalue weighted by molar-refractivity contribution is 0.102. The Balaban J connectivity index is 2.01. The van der Waals surface area contributed by atoms with E-state index >= 15 is 0 Å². The monoisotopic (exact) mass is 354 g/mol. The van der Waals surface area contributed by atoms with Crippen LogP contribution >= 0.6 is 0 Å². The van der Waals surface area contributed by atoms with Crippen molar-refractivity contribution in [2.75, 3.05) is 19.5 Å². The Kier molecular flexibility index (Phi) is 4.71. The first-order valence-corrected chi connectivity index (χ1v) is 8.17. The van der Waals surface area contributed by atoms with Crippen LogP contribution in [0.5, 0.6) is 11.5 Å². The average molecular weight is 354 g/mol. The van der Waals surface area contributed by atoms with Gasteiger partial charge < -0.3 is 19.4 Å². The molecule has 0 unspecified atom stereocenters. The number of carbonyl (C=O) groups excluding carboxylic acids is 1. The van der Waals surface area contributed by atoms with E-state index in [1.807, 2.05) is 37.6 Å². The Morgan fingerprint density at radius 2 is 1.77 bits per heavy atom. The highest BCUT2D eigenvalue weighted by molar-refractivity contribution is 6.07. The molecular weight excluding hydrogens is 332 g/mol. The van der Waals surface area contributed by atoms with E-state index < -0.39 is 0 Å². The second-order valence-electron chi connectivity index (χ2n) is 5.98. The van der Waals surface area contributed by atoms with Gasteiger partial charge in [-0.1, -0.05) is 0 Å². The Hall–Kier alpha value is -3.22. The number of hydrogen-bond donors (Lipinski definition) is 1. The summed E-state index contributed by atoms with van der Waals surface area (Å²) >= 11 is 0. The van der Waals surface area contributed by atoms with E-state index in [0.717, 1.165) is 11.4 Å². The van der Waals surface area contributed by atoms with Crippen LogP contribution in [0.3, 0.4) is 0 Å². The van der Waals surface area contributed by atoms with Gasteiger partial charge >= 0.3 is 0 Å². The van der Waals surface area contributed by atoms with Gasteiger partial charge in [0.05, 0.1) is 26.1 Å². The second-order valence-corrected chi connectivity index (χ2v) is 5.98. The van der Waals surface area contributed by atoms with Gasteiger partial charge in [0.2, 0.25) is 0 Å². The Morgan fingerprint density at radius 3 is 2.38 bits per heavy atom. The first-order chi connectivity index (χ1) is 12.5. The highest BCUT2D eigenvalue weighted by Crippen LogP contribution is 2.30. The molecule has 1 amide bonds. The molecule has 0 radical (unpaired) electrons. The molecule has 0 aliphatic heterocycles. The maximum Gasteiger partial charge on any atom is 0.261 e. The standard InChI is InChI=1S/C19H22N4O3/c1-12-6-7-13(2)23(12)19-15(11-20-22(19)3)18(24)21-16-10-14(25-4)8-9-17(16)26-5/h6-11H,1-5H3,(H,21,24). The van der Waals surface area contributed by atoms with Crippen molar-refractivity contribution in [1.29, 1.82) is 0 Å². The summed E-state index contributed by atoms with van der Waals surface area (Å²) in [4.78, 5) is 13.0. The number of anilines is 1. The molecular formula is C19H22N4O3. The molecule has 26 heavy (non-hydrogen) atoms. The molecule has 0 spiro atoms. The molecule has 3 aromatic rings. The van der Waals surface area contributed by atoms with Gasteiger partial charge in [-0.25, -0.2) is 0 Å². The van der Waals surface area contributed by atoms with Gasteiger partial charge in [-0.15, -0.1) is 0 Å². The van der Waals surface area contributed by atoms with Crippen LogP contribution in [0.2, 0.25) is 0 Å². The third kappa shape index (κ3) is 3.03. The van der Waals surface area contributed by atoms with Crippen LogP contribution in [-0.4, -0.2) is 34.5 Å². The molecule has 0 saturated heterocycles. The topological polar surface area (TPSA) is 70.3 Å². The zero-order chi connectivity index (χ0) is 18.8. The molecule has 0 fully saturated rings. The van der Waals surface area contributed by atoms with Crippen molar-refractivity contribution in [3.05, 3.63) is 53.5 Å². The third-order valence-electron chi connectivity index (χ3n) is 4.29. The van der Waals surface area contributed by atoms with Crippen LogP contribution in [0, 0.1) is 13.8 Å². The fourth-order valence-corrected chi connectivity index (χ4v) is 2.96. The molecule has 0 atom stereocenters. The first-order valence-electron chi connectivity index (χ1n) is 8.17. The van der Waals surface area contributed by atoms with Crippen molar-refractivity contribution in [3.63, 3.8) is 0 Å². The van der Waals surface area contributed by atoms with E-state index in [1.165, 1.54) is 0 Å². The lowest BCUT2D eigenvalue weighted by Gasteiger charge is -2.14.